The Morgan fingerprint density at radius 1 is 1.07 bits per heavy atom. The fourth-order valence-corrected chi connectivity index (χ4v) is 3.62. The van der Waals surface area contributed by atoms with Gasteiger partial charge in [-0.3, -0.25) is 9.59 Å². The molecular formula is C22H22Cl2N2O3. The van der Waals surface area contributed by atoms with E-state index in [4.69, 9.17) is 23.2 Å². The van der Waals surface area contributed by atoms with Crippen molar-refractivity contribution in [3.63, 3.8) is 0 Å². The maximum Gasteiger partial charge on any atom is 0.295 e. The number of halogens is 2. The predicted molar refractivity (Wildman–Crippen MR) is 115 cm³/mol. The van der Waals surface area contributed by atoms with Crippen LogP contribution < -0.4 is 0 Å². The first kappa shape index (κ1) is 21.4. The van der Waals surface area contributed by atoms with Crippen molar-refractivity contribution in [2.45, 2.75) is 13.0 Å². The van der Waals surface area contributed by atoms with Crippen molar-refractivity contribution in [1.82, 2.24) is 9.80 Å². The number of Topliss-reactive ketones (excluding diaryl/α,β-unsaturated/α-hetero) is 1. The first-order valence-electron chi connectivity index (χ1n) is 9.16. The summed E-state index contributed by atoms with van der Waals surface area (Å²) in [6, 6.07) is 11.4. The molecule has 1 aliphatic heterocycles. The van der Waals surface area contributed by atoms with Gasteiger partial charge in [-0.1, -0.05) is 59.1 Å². The molecule has 1 N–H and O–H groups in total. The van der Waals surface area contributed by atoms with Gasteiger partial charge in [0, 0.05) is 18.7 Å². The fourth-order valence-electron chi connectivity index (χ4n) is 3.31. The largest absolute Gasteiger partial charge is 0.507 e. The van der Waals surface area contributed by atoms with E-state index in [2.05, 4.69) is 0 Å². The van der Waals surface area contributed by atoms with E-state index in [0.29, 0.717) is 34.3 Å². The summed E-state index contributed by atoms with van der Waals surface area (Å²) in [5.74, 6) is -1.55. The molecule has 1 heterocycles. The molecule has 7 heteroatoms. The summed E-state index contributed by atoms with van der Waals surface area (Å²) in [6.45, 7) is 2.82. The number of hydrogen-bond acceptors (Lipinski definition) is 4. The Hall–Kier alpha value is -2.34. The molecule has 1 fully saturated rings. The van der Waals surface area contributed by atoms with E-state index in [1.54, 1.807) is 30.3 Å². The van der Waals surface area contributed by atoms with Crippen LogP contribution in [-0.4, -0.2) is 53.8 Å². The maximum absolute atomic E-state index is 12.9. The van der Waals surface area contributed by atoms with Crippen LogP contribution in [0.3, 0.4) is 0 Å². The number of rotatable bonds is 5. The summed E-state index contributed by atoms with van der Waals surface area (Å²) in [5, 5.41) is 11.7. The monoisotopic (exact) mass is 432 g/mol. The number of hydrogen-bond donors (Lipinski definition) is 1. The van der Waals surface area contributed by atoms with Crippen molar-refractivity contribution in [3.05, 3.63) is 74.8 Å². The zero-order valence-corrected chi connectivity index (χ0v) is 18.0. The van der Waals surface area contributed by atoms with E-state index < -0.39 is 17.7 Å². The van der Waals surface area contributed by atoms with Crippen LogP contribution in [0, 0.1) is 6.92 Å². The number of carbonyl (C=O) groups is 2. The molecule has 1 saturated heterocycles. The highest BCUT2D eigenvalue weighted by Crippen LogP contribution is 2.40. The summed E-state index contributed by atoms with van der Waals surface area (Å²) in [6.07, 6.45) is 0. The molecule has 0 aliphatic carbocycles. The van der Waals surface area contributed by atoms with Crippen LogP contribution in [0.1, 0.15) is 22.7 Å². The molecule has 3 rings (SSSR count). The molecule has 152 valence electrons. The van der Waals surface area contributed by atoms with Crippen LogP contribution >= 0.6 is 23.2 Å². The third kappa shape index (κ3) is 4.32. The number of nitrogens with zero attached hydrogens (tertiary/aromatic N) is 2. The van der Waals surface area contributed by atoms with Gasteiger partial charge in [-0.25, -0.2) is 0 Å². The summed E-state index contributed by atoms with van der Waals surface area (Å²) in [7, 11) is 3.77. The lowest BCUT2D eigenvalue weighted by molar-refractivity contribution is -0.140. The first-order chi connectivity index (χ1) is 13.7. The van der Waals surface area contributed by atoms with Gasteiger partial charge >= 0.3 is 0 Å². The van der Waals surface area contributed by atoms with Crippen molar-refractivity contribution in [2.24, 2.45) is 0 Å². The fraction of sp³-hybridized carbons (Fsp3) is 0.273. The molecule has 5 nitrogen and oxygen atoms in total. The minimum absolute atomic E-state index is 0.0519. The quantitative estimate of drug-likeness (QED) is 0.434. The van der Waals surface area contributed by atoms with E-state index >= 15 is 0 Å². The molecule has 1 aliphatic rings. The number of likely N-dealkylation sites (tertiary alicyclic amines) is 1. The smallest absolute Gasteiger partial charge is 0.295 e. The molecule has 1 amide bonds. The van der Waals surface area contributed by atoms with E-state index in [-0.39, 0.29) is 11.3 Å². The highest BCUT2D eigenvalue weighted by Gasteiger charge is 2.46. The van der Waals surface area contributed by atoms with Gasteiger partial charge in [-0.05, 0) is 38.7 Å². The van der Waals surface area contributed by atoms with Crippen LogP contribution in [0.2, 0.25) is 10.0 Å². The Bertz CT molecular complexity index is 984. The lowest BCUT2D eigenvalue weighted by Crippen LogP contribution is -2.35. The zero-order chi connectivity index (χ0) is 21.3. The Morgan fingerprint density at radius 2 is 1.72 bits per heavy atom. The van der Waals surface area contributed by atoms with Gasteiger partial charge in [0.1, 0.15) is 5.76 Å². The predicted octanol–water partition coefficient (Wildman–Crippen LogP) is 4.29. The molecule has 0 bridgehead atoms. The molecule has 0 saturated carbocycles. The van der Waals surface area contributed by atoms with Crippen molar-refractivity contribution >= 4 is 40.7 Å². The second-order valence-corrected chi connectivity index (χ2v) is 8.15. The van der Waals surface area contributed by atoms with Crippen LogP contribution in [0.25, 0.3) is 5.76 Å². The highest BCUT2D eigenvalue weighted by atomic mass is 35.5. The van der Waals surface area contributed by atoms with Crippen molar-refractivity contribution in [2.75, 3.05) is 27.2 Å². The molecular weight excluding hydrogens is 411 g/mol. The van der Waals surface area contributed by atoms with Crippen LogP contribution in [-0.2, 0) is 9.59 Å². The minimum Gasteiger partial charge on any atom is -0.507 e. The van der Waals surface area contributed by atoms with Crippen molar-refractivity contribution < 1.29 is 14.7 Å². The Morgan fingerprint density at radius 3 is 2.31 bits per heavy atom. The number of benzene rings is 2. The molecule has 0 aromatic heterocycles. The molecule has 0 unspecified atom stereocenters. The van der Waals surface area contributed by atoms with E-state index in [9.17, 15) is 14.7 Å². The lowest BCUT2D eigenvalue weighted by Gasteiger charge is -2.26. The van der Waals surface area contributed by atoms with Gasteiger partial charge < -0.3 is 14.9 Å². The van der Waals surface area contributed by atoms with Gasteiger partial charge in [0.25, 0.3) is 11.7 Å². The third-order valence-corrected chi connectivity index (χ3v) is 5.65. The molecule has 1 atom stereocenters. The number of aliphatic hydroxyl groups is 1. The van der Waals surface area contributed by atoms with E-state index in [0.717, 1.165) is 5.56 Å². The molecule has 2 aromatic carbocycles. The minimum atomic E-state index is -0.744. The number of aliphatic hydroxyl groups excluding tert-OH is 1. The first-order valence-corrected chi connectivity index (χ1v) is 9.91. The molecule has 0 radical (unpaired) electrons. The van der Waals surface area contributed by atoms with Gasteiger partial charge in [-0.2, -0.15) is 0 Å². The van der Waals surface area contributed by atoms with Gasteiger partial charge in [-0.15, -0.1) is 0 Å². The number of ketones is 1. The van der Waals surface area contributed by atoms with Crippen LogP contribution in [0.5, 0.6) is 0 Å². The second kappa shape index (κ2) is 8.57. The highest BCUT2D eigenvalue weighted by molar-refractivity contribution is 6.46. The number of likely N-dealkylation sites (N-methyl/N-ethyl adjacent to an activating group) is 1. The molecule has 2 aromatic rings. The number of aryl methyl sites for hydroxylation is 1. The van der Waals surface area contributed by atoms with Gasteiger partial charge in [0.15, 0.2) is 0 Å². The van der Waals surface area contributed by atoms with E-state index in [1.807, 2.05) is 38.1 Å². The average molecular weight is 433 g/mol. The van der Waals surface area contributed by atoms with Crippen LogP contribution in [0.4, 0.5) is 0 Å². The van der Waals surface area contributed by atoms with Gasteiger partial charge in [0.05, 0.1) is 21.7 Å². The van der Waals surface area contributed by atoms with Crippen molar-refractivity contribution in [1.29, 1.82) is 0 Å². The van der Waals surface area contributed by atoms with Gasteiger partial charge in [0.2, 0.25) is 0 Å². The normalized spacial score (nSPS) is 18.7. The van der Waals surface area contributed by atoms with Crippen LogP contribution in [0.15, 0.2) is 48.0 Å². The molecule has 0 spiro atoms. The van der Waals surface area contributed by atoms with E-state index in [1.165, 1.54) is 4.90 Å². The SMILES string of the molecule is Cc1ccc(C(O)=C2C(=O)C(=O)N(CCN(C)C)[C@@H]2c2ccc(Cl)c(Cl)c2)cc1. The number of amides is 1. The second-order valence-electron chi connectivity index (χ2n) is 7.34. The number of carbonyl (C=O) groups excluding carboxylic acids is 2. The topological polar surface area (TPSA) is 60.9 Å². The Balaban J connectivity index is 2.16. The standard InChI is InChI=1S/C22H22Cl2N2O3/c1-13-4-6-14(7-5-13)20(27)18-19(15-8-9-16(23)17(24)12-15)26(11-10-25(2)3)22(29)21(18)28/h4-9,12,19,27H,10-11H2,1-3H3/t19-/m1/s1. The maximum atomic E-state index is 12.9. The average Bonchev–Trinajstić information content (AvgIpc) is 2.93. The lowest BCUT2D eigenvalue weighted by atomic mass is 9.95. The summed E-state index contributed by atoms with van der Waals surface area (Å²) < 4.78 is 0. The summed E-state index contributed by atoms with van der Waals surface area (Å²) in [5.41, 5.74) is 2.17. The summed E-state index contributed by atoms with van der Waals surface area (Å²) in [4.78, 5) is 29.1. The Labute approximate surface area is 180 Å². The van der Waals surface area contributed by atoms with Crippen molar-refractivity contribution in [3.8, 4) is 0 Å². The molecule has 29 heavy (non-hydrogen) atoms. The summed E-state index contributed by atoms with van der Waals surface area (Å²) >= 11 is 12.2. The third-order valence-electron chi connectivity index (χ3n) is 4.91. The zero-order valence-electron chi connectivity index (χ0n) is 16.4. The Kier molecular flexibility index (Phi) is 6.32.